The van der Waals surface area contributed by atoms with Crippen molar-refractivity contribution >= 4 is 125 Å². The molecule has 0 nitrogen and oxygen atoms in total. The molecule has 0 aliphatic carbocycles. The molecule has 11 aromatic rings. The van der Waals surface area contributed by atoms with E-state index < -0.39 is 0 Å². The molecule has 12 heterocycles. The molecular formula is C44H22S11. The van der Waals surface area contributed by atoms with E-state index in [2.05, 4.69) is 133 Å². The van der Waals surface area contributed by atoms with Crippen LogP contribution >= 0.6 is 125 Å². The number of hydrogen-bond donors (Lipinski definition) is 0. The van der Waals surface area contributed by atoms with Crippen LogP contribution in [-0.4, -0.2) is 0 Å². The first-order valence-electron chi connectivity index (χ1n) is 17.3. The van der Waals surface area contributed by atoms with Crippen molar-refractivity contribution in [2.24, 2.45) is 0 Å². The highest BCUT2D eigenvalue weighted by molar-refractivity contribution is 7.33. The number of thiophene rings is 11. The van der Waals surface area contributed by atoms with Gasteiger partial charge in [0, 0.05) is 107 Å². The Kier molecular flexibility index (Phi) is 8.40. The van der Waals surface area contributed by atoms with Gasteiger partial charge in [-0.25, -0.2) is 0 Å². The van der Waals surface area contributed by atoms with Crippen molar-refractivity contribution in [2.75, 3.05) is 0 Å². The lowest BCUT2D eigenvalue weighted by Crippen LogP contribution is -1.59. The van der Waals surface area contributed by atoms with Crippen LogP contribution < -0.4 is 0 Å². The van der Waals surface area contributed by atoms with Crippen molar-refractivity contribution in [3.63, 3.8) is 0 Å². The number of fused-ring (bicyclic) bond motifs is 33. The van der Waals surface area contributed by atoms with Crippen LogP contribution in [0.2, 0.25) is 0 Å². The van der Waals surface area contributed by atoms with Crippen LogP contribution in [0.25, 0.3) is 107 Å². The van der Waals surface area contributed by atoms with Gasteiger partial charge in [-0.3, -0.25) is 0 Å². The van der Waals surface area contributed by atoms with Crippen LogP contribution in [0.15, 0.2) is 133 Å². The van der Waals surface area contributed by atoms with Crippen LogP contribution in [0.3, 0.4) is 0 Å². The summed E-state index contributed by atoms with van der Waals surface area (Å²) < 4.78 is 0. The van der Waals surface area contributed by atoms with Gasteiger partial charge in [-0.1, -0.05) is 0 Å². The summed E-state index contributed by atoms with van der Waals surface area (Å²) in [4.78, 5) is 29.4. The van der Waals surface area contributed by atoms with E-state index in [9.17, 15) is 0 Å². The van der Waals surface area contributed by atoms with Crippen molar-refractivity contribution in [1.29, 1.82) is 0 Å². The monoisotopic (exact) mass is 902 g/mol. The van der Waals surface area contributed by atoms with Gasteiger partial charge in [-0.05, 0) is 133 Å². The molecule has 0 saturated heterocycles. The van der Waals surface area contributed by atoms with Gasteiger partial charge in [0.1, 0.15) is 0 Å². The highest BCUT2D eigenvalue weighted by Crippen LogP contribution is 2.50. The van der Waals surface area contributed by atoms with Gasteiger partial charge in [-0.15, -0.1) is 125 Å². The fraction of sp³-hybridized carbons (Fsp3) is 0. The topological polar surface area (TPSA) is 0 Å². The molecule has 22 bridgehead atoms. The lowest BCUT2D eigenvalue weighted by molar-refractivity contribution is 1.88. The largest absolute Gasteiger partial charge is 0.134 e. The first kappa shape index (κ1) is 33.8. The highest BCUT2D eigenvalue weighted by Gasteiger charge is 2.18. The Labute approximate surface area is 361 Å². The van der Waals surface area contributed by atoms with E-state index in [-0.39, 0.29) is 0 Å². The number of hydrogen-bond acceptors (Lipinski definition) is 11. The summed E-state index contributed by atoms with van der Waals surface area (Å²) in [7, 11) is 0. The third kappa shape index (κ3) is 6.16. The molecular weight excluding hydrogens is 881 g/mol. The van der Waals surface area contributed by atoms with Gasteiger partial charge in [0.2, 0.25) is 0 Å². The van der Waals surface area contributed by atoms with Crippen molar-refractivity contribution in [1.82, 2.24) is 0 Å². The molecule has 11 heteroatoms. The van der Waals surface area contributed by atoms with Crippen LogP contribution in [0.1, 0.15) is 0 Å². The predicted molar refractivity (Wildman–Crippen MR) is 256 cm³/mol. The third-order valence-corrected chi connectivity index (χ3v) is 23.4. The van der Waals surface area contributed by atoms with Crippen molar-refractivity contribution in [2.45, 2.75) is 0 Å². The fourth-order valence-corrected chi connectivity index (χ4v) is 18.7. The maximum Gasteiger partial charge on any atom is 0.0449 e. The first-order valence-corrected chi connectivity index (χ1v) is 26.2. The van der Waals surface area contributed by atoms with Crippen LogP contribution in [0.5, 0.6) is 0 Å². The second-order valence-corrected chi connectivity index (χ2v) is 24.7. The summed E-state index contributed by atoms with van der Waals surface area (Å²) in [5.74, 6) is 0. The molecule has 0 N–H and O–H groups in total. The second-order valence-electron chi connectivity index (χ2n) is 12.8. The Morgan fingerprint density at radius 3 is 0.218 bits per heavy atom. The van der Waals surface area contributed by atoms with Gasteiger partial charge in [-0.2, -0.15) is 0 Å². The number of rotatable bonds is 0. The lowest BCUT2D eigenvalue weighted by Gasteiger charge is -1.93. The standard InChI is InChI=1S/C44H22S11/c1-2-24-26-5-6-29(47-26)30-9-10-33(49-30)34-13-14-37(51-34)38-17-18-41(53-38)42-21-22-44(55-42)43-20-19-40(54-43)39-16-15-36(52-39)35-12-11-32(50-35)31-8-7-28(48-31)27-4-3-25(46-27)23(1)45-24/h1-22H. The third-order valence-electron chi connectivity index (χ3n) is 9.34. The van der Waals surface area contributed by atoms with Gasteiger partial charge in [0.15, 0.2) is 0 Å². The van der Waals surface area contributed by atoms with E-state index in [0.29, 0.717) is 0 Å². The van der Waals surface area contributed by atoms with E-state index in [1.807, 2.05) is 125 Å². The zero-order chi connectivity index (χ0) is 36.0. The maximum atomic E-state index is 2.30. The smallest absolute Gasteiger partial charge is 0.0449 e. The molecule has 0 amide bonds. The molecule has 0 radical (unpaired) electrons. The molecule has 11 aromatic heterocycles. The van der Waals surface area contributed by atoms with E-state index >= 15 is 0 Å². The molecule has 0 atom stereocenters. The van der Waals surface area contributed by atoms with Crippen molar-refractivity contribution in [3.8, 4) is 107 Å². The molecule has 0 saturated carbocycles. The van der Waals surface area contributed by atoms with Gasteiger partial charge >= 0.3 is 0 Å². The Morgan fingerprint density at radius 2 is 0.164 bits per heavy atom. The van der Waals surface area contributed by atoms with Gasteiger partial charge < -0.3 is 0 Å². The van der Waals surface area contributed by atoms with Gasteiger partial charge in [0.25, 0.3) is 0 Å². The van der Waals surface area contributed by atoms with Crippen LogP contribution in [0, 0.1) is 0 Å². The first-order chi connectivity index (χ1) is 27.1. The average molecular weight is 903 g/mol. The van der Waals surface area contributed by atoms with E-state index in [1.165, 1.54) is 107 Å². The van der Waals surface area contributed by atoms with E-state index in [4.69, 9.17) is 0 Å². The zero-order valence-corrected chi connectivity index (χ0v) is 37.2. The Bertz CT molecular complexity index is 2220. The molecule has 1 aliphatic rings. The summed E-state index contributed by atoms with van der Waals surface area (Å²) in [6.45, 7) is 0. The summed E-state index contributed by atoms with van der Waals surface area (Å²) in [5.41, 5.74) is 0. The summed E-state index contributed by atoms with van der Waals surface area (Å²) in [6.07, 6.45) is 0. The van der Waals surface area contributed by atoms with Gasteiger partial charge in [0.05, 0.1) is 0 Å². The lowest BCUT2D eigenvalue weighted by atomic mass is 10.3. The minimum Gasteiger partial charge on any atom is -0.134 e. The van der Waals surface area contributed by atoms with Crippen LogP contribution in [-0.2, 0) is 0 Å². The highest BCUT2D eigenvalue weighted by atomic mass is 32.1. The summed E-state index contributed by atoms with van der Waals surface area (Å²) >= 11 is 20.9. The minimum absolute atomic E-state index is 1.33. The maximum absolute atomic E-state index is 2.30. The SMILES string of the molecule is c1cc2sc1-c1ccc(s1)-c1ccc(s1)-c1ccc(s1)-c1ccc(s1)-c1ccc(s1)-c1ccc(s1)-c1ccc(s1)-c1ccc(s1)-c1ccc(s1)-c1ccc-2s1. The zero-order valence-electron chi connectivity index (χ0n) is 28.2. The molecule has 12 rings (SSSR count). The molecule has 264 valence electrons. The Balaban J connectivity index is 0.916. The molecule has 55 heavy (non-hydrogen) atoms. The molecule has 1 aliphatic heterocycles. The van der Waals surface area contributed by atoms with Crippen LogP contribution in [0.4, 0.5) is 0 Å². The Hall–Kier alpha value is -3.30. The Morgan fingerprint density at radius 1 is 0.109 bits per heavy atom. The normalized spacial score (nSPS) is 12.0. The molecule has 0 aromatic carbocycles. The summed E-state index contributed by atoms with van der Waals surface area (Å²) in [5, 5.41) is 0. The van der Waals surface area contributed by atoms with E-state index in [0.717, 1.165) is 0 Å². The molecule has 0 fully saturated rings. The average Bonchev–Trinajstić information content (AvgIpc) is 4.07. The van der Waals surface area contributed by atoms with E-state index in [1.54, 1.807) is 0 Å². The fourth-order valence-electron chi connectivity index (χ4n) is 6.63. The van der Waals surface area contributed by atoms with Crippen molar-refractivity contribution < 1.29 is 0 Å². The quantitative estimate of drug-likeness (QED) is 0.142. The molecule has 0 unspecified atom stereocenters. The molecule has 0 spiro atoms. The minimum atomic E-state index is 1.33. The van der Waals surface area contributed by atoms with Crippen molar-refractivity contribution in [3.05, 3.63) is 133 Å². The summed E-state index contributed by atoms with van der Waals surface area (Å²) in [6, 6.07) is 50.6. The second kappa shape index (κ2) is 13.7. The predicted octanol–water partition coefficient (Wildman–Crippen LogP) is 19.0.